The number of ether oxygens (including phenoxy) is 2. The van der Waals surface area contributed by atoms with Gasteiger partial charge in [0.25, 0.3) is 5.69 Å². The number of nitro groups is 2. The predicted molar refractivity (Wildman–Crippen MR) is 66.8 cm³/mol. The van der Waals surface area contributed by atoms with Crippen LogP contribution >= 0.6 is 0 Å². The summed E-state index contributed by atoms with van der Waals surface area (Å²) in [6.45, 7) is 1.25. The van der Waals surface area contributed by atoms with Crippen molar-refractivity contribution >= 4 is 11.8 Å². The molecule has 0 aliphatic carbocycles. The number of benzene rings is 1. The molecule has 0 fully saturated rings. The standard InChI is InChI=1S/C11H12N2O6/c1-7(12(14)15)4-8-5-10(18-2)11(19-3)6-9(8)13(16)17/h4-6H,1-3H3/b7-4-. The molecule has 0 amide bonds. The monoisotopic (exact) mass is 268 g/mol. The van der Waals surface area contributed by atoms with E-state index in [4.69, 9.17) is 9.47 Å². The third-order valence-electron chi connectivity index (χ3n) is 2.38. The van der Waals surface area contributed by atoms with E-state index in [0.717, 1.165) is 12.1 Å². The van der Waals surface area contributed by atoms with Crippen molar-refractivity contribution in [1.29, 1.82) is 0 Å². The molecule has 0 spiro atoms. The molecule has 0 saturated heterocycles. The average Bonchev–Trinajstić information content (AvgIpc) is 2.37. The molecule has 1 aromatic carbocycles. The van der Waals surface area contributed by atoms with Crippen molar-refractivity contribution < 1.29 is 19.3 Å². The lowest BCUT2D eigenvalue weighted by Gasteiger charge is -2.08. The Balaban J connectivity index is 3.48. The molecule has 0 heterocycles. The highest BCUT2D eigenvalue weighted by molar-refractivity contribution is 5.67. The van der Waals surface area contributed by atoms with E-state index in [1.165, 1.54) is 27.2 Å². The van der Waals surface area contributed by atoms with Crippen LogP contribution in [-0.4, -0.2) is 24.1 Å². The van der Waals surface area contributed by atoms with Gasteiger partial charge in [0.15, 0.2) is 11.5 Å². The fraction of sp³-hybridized carbons (Fsp3) is 0.273. The highest BCUT2D eigenvalue weighted by Gasteiger charge is 2.19. The molecular formula is C11H12N2O6. The second-order valence-corrected chi connectivity index (χ2v) is 3.57. The van der Waals surface area contributed by atoms with Gasteiger partial charge in [-0.1, -0.05) is 0 Å². The summed E-state index contributed by atoms with van der Waals surface area (Å²) >= 11 is 0. The summed E-state index contributed by atoms with van der Waals surface area (Å²) in [6.07, 6.45) is 1.11. The Hall–Kier alpha value is -2.64. The molecule has 8 heteroatoms. The largest absolute Gasteiger partial charge is 0.493 e. The molecule has 0 unspecified atom stereocenters. The summed E-state index contributed by atoms with van der Waals surface area (Å²) in [6, 6.07) is 2.49. The maximum atomic E-state index is 11.0. The zero-order valence-corrected chi connectivity index (χ0v) is 10.6. The fourth-order valence-corrected chi connectivity index (χ4v) is 1.44. The van der Waals surface area contributed by atoms with Crippen molar-refractivity contribution in [3.8, 4) is 11.5 Å². The van der Waals surface area contributed by atoms with Gasteiger partial charge in [0.05, 0.1) is 35.7 Å². The van der Waals surface area contributed by atoms with Crippen LogP contribution in [0.1, 0.15) is 12.5 Å². The molecule has 8 nitrogen and oxygen atoms in total. The topological polar surface area (TPSA) is 105 Å². The Kier molecular flexibility index (Phi) is 4.41. The van der Waals surface area contributed by atoms with Crippen LogP contribution in [0.5, 0.6) is 11.5 Å². The average molecular weight is 268 g/mol. The molecule has 102 valence electrons. The number of methoxy groups -OCH3 is 2. The minimum atomic E-state index is -0.638. The van der Waals surface area contributed by atoms with E-state index in [-0.39, 0.29) is 28.4 Å². The first-order valence-electron chi connectivity index (χ1n) is 5.13. The smallest absolute Gasteiger partial charge is 0.280 e. The fourth-order valence-electron chi connectivity index (χ4n) is 1.44. The Morgan fingerprint density at radius 1 is 1.16 bits per heavy atom. The van der Waals surface area contributed by atoms with Crippen LogP contribution in [0.25, 0.3) is 6.08 Å². The summed E-state index contributed by atoms with van der Waals surface area (Å²) in [5.74, 6) is 0.445. The molecule has 19 heavy (non-hydrogen) atoms. The molecular weight excluding hydrogens is 256 g/mol. The minimum absolute atomic E-state index is 0.0804. The molecule has 0 aliphatic heterocycles. The number of hydrogen-bond donors (Lipinski definition) is 0. The number of hydrogen-bond acceptors (Lipinski definition) is 6. The molecule has 0 N–H and O–H groups in total. The van der Waals surface area contributed by atoms with Crippen molar-refractivity contribution in [3.05, 3.63) is 43.6 Å². The van der Waals surface area contributed by atoms with Gasteiger partial charge in [0.1, 0.15) is 0 Å². The van der Waals surface area contributed by atoms with Crippen LogP contribution in [0.3, 0.4) is 0 Å². The second kappa shape index (κ2) is 5.80. The van der Waals surface area contributed by atoms with Crippen LogP contribution in [0.15, 0.2) is 17.8 Å². The summed E-state index contributed by atoms with van der Waals surface area (Å²) in [4.78, 5) is 20.3. The lowest BCUT2D eigenvalue weighted by molar-refractivity contribution is -0.422. The lowest BCUT2D eigenvalue weighted by atomic mass is 10.1. The highest BCUT2D eigenvalue weighted by atomic mass is 16.6. The van der Waals surface area contributed by atoms with Gasteiger partial charge in [-0.15, -0.1) is 0 Å². The molecule has 0 aliphatic rings. The number of rotatable bonds is 5. The molecule has 0 bridgehead atoms. The minimum Gasteiger partial charge on any atom is -0.493 e. The third kappa shape index (κ3) is 3.18. The highest BCUT2D eigenvalue weighted by Crippen LogP contribution is 2.35. The second-order valence-electron chi connectivity index (χ2n) is 3.57. The van der Waals surface area contributed by atoms with E-state index in [0.29, 0.717) is 0 Å². The normalized spacial score (nSPS) is 11.0. The first-order valence-corrected chi connectivity index (χ1v) is 5.13. The first-order chi connectivity index (χ1) is 8.90. The van der Waals surface area contributed by atoms with Gasteiger partial charge < -0.3 is 9.47 Å². The van der Waals surface area contributed by atoms with Gasteiger partial charge in [0.2, 0.25) is 5.70 Å². The number of nitro benzene ring substituents is 1. The molecule has 0 atom stereocenters. The molecule has 0 radical (unpaired) electrons. The van der Waals surface area contributed by atoms with E-state index >= 15 is 0 Å². The van der Waals surface area contributed by atoms with Gasteiger partial charge in [-0.3, -0.25) is 20.2 Å². The van der Waals surface area contributed by atoms with Crippen LogP contribution in [0, 0.1) is 20.2 Å². The van der Waals surface area contributed by atoms with Gasteiger partial charge in [0, 0.05) is 13.0 Å². The zero-order valence-electron chi connectivity index (χ0n) is 10.6. The quantitative estimate of drug-likeness (QED) is 0.599. The van der Waals surface area contributed by atoms with Gasteiger partial charge in [-0.25, -0.2) is 0 Å². The Morgan fingerprint density at radius 2 is 1.68 bits per heavy atom. The van der Waals surface area contributed by atoms with Gasteiger partial charge in [-0.05, 0) is 6.07 Å². The zero-order chi connectivity index (χ0) is 14.6. The van der Waals surface area contributed by atoms with E-state index in [1.807, 2.05) is 0 Å². The van der Waals surface area contributed by atoms with Gasteiger partial charge in [-0.2, -0.15) is 0 Å². The summed E-state index contributed by atoms with van der Waals surface area (Å²) in [5.41, 5.74) is -0.425. The summed E-state index contributed by atoms with van der Waals surface area (Å²) in [5, 5.41) is 21.5. The Morgan fingerprint density at radius 3 is 2.11 bits per heavy atom. The number of allylic oxidation sites excluding steroid dienone is 1. The Bertz CT molecular complexity index is 552. The van der Waals surface area contributed by atoms with Crippen molar-refractivity contribution in [2.45, 2.75) is 6.92 Å². The SMILES string of the molecule is COc1cc(/C=C(/C)[N+](=O)[O-])c([N+](=O)[O-])cc1OC. The van der Waals surface area contributed by atoms with E-state index < -0.39 is 9.85 Å². The molecule has 0 saturated carbocycles. The van der Waals surface area contributed by atoms with E-state index in [2.05, 4.69) is 0 Å². The maximum absolute atomic E-state index is 11.0. The first kappa shape index (κ1) is 14.4. The van der Waals surface area contributed by atoms with Crippen LogP contribution in [0.2, 0.25) is 0 Å². The van der Waals surface area contributed by atoms with Crippen LogP contribution in [-0.2, 0) is 0 Å². The summed E-state index contributed by atoms with van der Waals surface area (Å²) in [7, 11) is 2.72. The van der Waals surface area contributed by atoms with Crippen LogP contribution < -0.4 is 9.47 Å². The Labute approximate surface area is 108 Å². The van der Waals surface area contributed by atoms with Crippen LogP contribution in [0.4, 0.5) is 5.69 Å². The van der Waals surface area contributed by atoms with Crippen molar-refractivity contribution in [2.24, 2.45) is 0 Å². The van der Waals surface area contributed by atoms with E-state index in [1.54, 1.807) is 0 Å². The van der Waals surface area contributed by atoms with E-state index in [9.17, 15) is 20.2 Å². The molecule has 0 aromatic heterocycles. The third-order valence-corrected chi connectivity index (χ3v) is 2.38. The predicted octanol–water partition coefficient (Wildman–Crippen LogP) is 2.25. The van der Waals surface area contributed by atoms with Crippen molar-refractivity contribution in [2.75, 3.05) is 14.2 Å². The molecule has 1 rings (SSSR count). The lowest BCUT2D eigenvalue weighted by Crippen LogP contribution is -1.98. The van der Waals surface area contributed by atoms with Crippen molar-refractivity contribution in [3.63, 3.8) is 0 Å². The van der Waals surface area contributed by atoms with Gasteiger partial charge >= 0.3 is 0 Å². The van der Waals surface area contributed by atoms with Crippen molar-refractivity contribution in [1.82, 2.24) is 0 Å². The summed E-state index contributed by atoms with van der Waals surface area (Å²) < 4.78 is 9.96. The number of nitrogens with zero attached hydrogens (tertiary/aromatic N) is 2. The maximum Gasteiger partial charge on any atom is 0.280 e. The molecule has 1 aromatic rings.